The largest absolute Gasteiger partial charge is 0.396 e. The summed E-state index contributed by atoms with van der Waals surface area (Å²) in [5, 5.41) is 15.4. The van der Waals surface area contributed by atoms with Gasteiger partial charge in [-0.15, -0.1) is 0 Å². The van der Waals surface area contributed by atoms with Crippen LogP contribution in [0.3, 0.4) is 0 Å². The molecule has 1 aromatic rings. The molecular formula is C18H28N2O3. The maximum atomic E-state index is 12.2. The number of ether oxygens (including phenoxy) is 1. The summed E-state index contributed by atoms with van der Waals surface area (Å²) in [7, 11) is 0. The van der Waals surface area contributed by atoms with Gasteiger partial charge in [-0.25, -0.2) is 4.79 Å². The zero-order valence-corrected chi connectivity index (χ0v) is 14.3. The Hall–Kier alpha value is -1.59. The van der Waals surface area contributed by atoms with Crippen LogP contribution in [-0.4, -0.2) is 29.9 Å². The number of amides is 2. The van der Waals surface area contributed by atoms with E-state index in [1.807, 2.05) is 45.0 Å². The number of benzene rings is 1. The molecule has 1 aliphatic rings. The molecule has 1 aliphatic carbocycles. The van der Waals surface area contributed by atoms with Gasteiger partial charge in [-0.05, 0) is 44.4 Å². The Morgan fingerprint density at radius 1 is 1.48 bits per heavy atom. The Morgan fingerprint density at radius 3 is 2.96 bits per heavy atom. The molecule has 0 radical (unpaired) electrons. The number of hydrogen-bond acceptors (Lipinski definition) is 3. The molecule has 128 valence electrons. The summed E-state index contributed by atoms with van der Waals surface area (Å²) in [6.45, 7) is 6.64. The Morgan fingerprint density at radius 2 is 2.26 bits per heavy atom. The first-order valence-electron chi connectivity index (χ1n) is 8.32. The predicted molar refractivity (Wildman–Crippen MR) is 91.4 cm³/mol. The zero-order valence-electron chi connectivity index (χ0n) is 14.3. The molecular weight excluding hydrogens is 292 g/mol. The van der Waals surface area contributed by atoms with Crippen LogP contribution in [0, 0.1) is 5.41 Å². The van der Waals surface area contributed by atoms with E-state index in [9.17, 15) is 9.90 Å². The second-order valence-corrected chi connectivity index (χ2v) is 6.92. The predicted octanol–water partition coefficient (Wildman–Crippen LogP) is 3.28. The molecule has 5 heteroatoms. The van der Waals surface area contributed by atoms with Crippen molar-refractivity contribution in [3.63, 3.8) is 0 Å². The van der Waals surface area contributed by atoms with Crippen LogP contribution in [0.15, 0.2) is 24.3 Å². The van der Waals surface area contributed by atoms with Gasteiger partial charge in [0.15, 0.2) is 0 Å². The fourth-order valence-electron chi connectivity index (χ4n) is 3.00. The van der Waals surface area contributed by atoms with Gasteiger partial charge in [0.2, 0.25) is 0 Å². The van der Waals surface area contributed by atoms with Gasteiger partial charge < -0.3 is 20.5 Å². The molecule has 2 atom stereocenters. The minimum atomic E-state index is -0.224. The Kier molecular flexibility index (Phi) is 6.02. The van der Waals surface area contributed by atoms with Crippen LogP contribution in [-0.2, 0) is 11.3 Å². The lowest BCUT2D eigenvalue weighted by Crippen LogP contribution is -2.46. The normalized spacial score (nSPS) is 24.0. The number of aliphatic hydroxyl groups excluding tert-OH is 1. The molecule has 3 N–H and O–H groups in total. The molecule has 1 saturated carbocycles. The number of carbonyl (C=O) groups is 1. The smallest absolute Gasteiger partial charge is 0.319 e. The first-order chi connectivity index (χ1) is 10.9. The molecule has 5 nitrogen and oxygen atoms in total. The van der Waals surface area contributed by atoms with E-state index in [1.165, 1.54) is 0 Å². The Labute approximate surface area is 138 Å². The van der Waals surface area contributed by atoms with Crippen molar-refractivity contribution in [2.24, 2.45) is 5.41 Å². The minimum absolute atomic E-state index is 0.0138. The zero-order chi connectivity index (χ0) is 16.9. The standard InChI is InChI=1S/C18H28N2O3/c1-13(2)23-11-14-6-4-7-15(10-14)19-17(22)20-16-8-5-9-18(16,3)12-21/h4,6-7,10,13,16,21H,5,8-9,11-12H2,1-3H3,(H2,19,20,22). The molecule has 0 bridgehead atoms. The quantitative estimate of drug-likeness (QED) is 0.753. The van der Waals surface area contributed by atoms with Crippen LogP contribution in [0.1, 0.15) is 45.6 Å². The topological polar surface area (TPSA) is 70.6 Å². The van der Waals surface area contributed by atoms with Crippen molar-refractivity contribution in [1.29, 1.82) is 0 Å². The van der Waals surface area contributed by atoms with Crippen molar-refractivity contribution in [1.82, 2.24) is 5.32 Å². The minimum Gasteiger partial charge on any atom is -0.396 e. The SMILES string of the molecule is CC(C)OCc1cccc(NC(=O)NC2CCCC2(C)CO)c1. The second kappa shape index (κ2) is 7.79. The summed E-state index contributed by atoms with van der Waals surface area (Å²) in [6, 6.07) is 7.45. The molecule has 1 aromatic carbocycles. The van der Waals surface area contributed by atoms with Gasteiger partial charge in [0.25, 0.3) is 0 Å². The highest BCUT2D eigenvalue weighted by Gasteiger charge is 2.39. The van der Waals surface area contributed by atoms with E-state index in [0.29, 0.717) is 6.61 Å². The van der Waals surface area contributed by atoms with E-state index < -0.39 is 0 Å². The van der Waals surface area contributed by atoms with E-state index in [-0.39, 0.29) is 30.2 Å². The third kappa shape index (κ3) is 4.94. The van der Waals surface area contributed by atoms with Gasteiger partial charge >= 0.3 is 6.03 Å². The molecule has 1 fully saturated rings. The molecule has 23 heavy (non-hydrogen) atoms. The molecule has 0 saturated heterocycles. The summed E-state index contributed by atoms with van der Waals surface area (Å²) in [5.74, 6) is 0. The van der Waals surface area contributed by atoms with Crippen molar-refractivity contribution < 1.29 is 14.6 Å². The van der Waals surface area contributed by atoms with Gasteiger partial charge in [0, 0.05) is 17.1 Å². The number of anilines is 1. The number of hydrogen-bond donors (Lipinski definition) is 3. The molecule has 0 aromatic heterocycles. The van der Waals surface area contributed by atoms with E-state index in [2.05, 4.69) is 10.6 Å². The van der Waals surface area contributed by atoms with Crippen molar-refractivity contribution in [2.75, 3.05) is 11.9 Å². The van der Waals surface area contributed by atoms with E-state index in [4.69, 9.17) is 4.74 Å². The van der Waals surface area contributed by atoms with Crippen LogP contribution in [0.5, 0.6) is 0 Å². The van der Waals surface area contributed by atoms with Gasteiger partial charge in [0.1, 0.15) is 0 Å². The fraction of sp³-hybridized carbons (Fsp3) is 0.611. The highest BCUT2D eigenvalue weighted by atomic mass is 16.5. The molecule has 2 rings (SSSR count). The van der Waals surface area contributed by atoms with Crippen LogP contribution in [0.2, 0.25) is 0 Å². The third-order valence-corrected chi connectivity index (χ3v) is 4.52. The fourth-order valence-corrected chi connectivity index (χ4v) is 3.00. The number of aliphatic hydroxyl groups is 1. The lowest BCUT2D eigenvalue weighted by Gasteiger charge is -2.30. The highest BCUT2D eigenvalue weighted by Crippen LogP contribution is 2.37. The molecule has 0 aliphatic heterocycles. The van der Waals surface area contributed by atoms with Crippen LogP contribution < -0.4 is 10.6 Å². The Balaban J connectivity index is 1.91. The van der Waals surface area contributed by atoms with Gasteiger partial charge in [-0.3, -0.25) is 0 Å². The molecule has 2 amide bonds. The van der Waals surface area contributed by atoms with Crippen molar-refractivity contribution in [3.05, 3.63) is 29.8 Å². The van der Waals surface area contributed by atoms with Crippen LogP contribution in [0.25, 0.3) is 0 Å². The highest BCUT2D eigenvalue weighted by molar-refractivity contribution is 5.89. The average molecular weight is 320 g/mol. The van der Waals surface area contributed by atoms with Crippen LogP contribution in [0.4, 0.5) is 10.5 Å². The monoisotopic (exact) mass is 320 g/mol. The Bertz CT molecular complexity index is 533. The van der Waals surface area contributed by atoms with Crippen molar-refractivity contribution >= 4 is 11.7 Å². The summed E-state index contributed by atoms with van der Waals surface area (Å²) >= 11 is 0. The van der Waals surface area contributed by atoms with E-state index in [0.717, 1.165) is 30.5 Å². The van der Waals surface area contributed by atoms with Gasteiger partial charge in [-0.1, -0.05) is 25.5 Å². The van der Waals surface area contributed by atoms with Crippen molar-refractivity contribution in [2.45, 2.75) is 58.8 Å². The van der Waals surface area contributed by atoms with Crippen molar-refractivity contribution in [3.8, 4) is 0 Å². The maximum Gasteiger partial charge on any atom is 0.319 e. The molecule has 0 spiro atoms. The van der Waals surface area contributed by atoms with Gasteiger partial charge in [0.05, 0.1) is 19.3 Å². The summed E-state index contributed by atoms with van der Waals surface area (Å²) in [4.78, 5) is 12.2. The molecule has 2 unspecified atom stereocenters. The van der Waals surface area contributed by atoms with E-state index in [1.54, 1.807) is 0 Å². The first kappa shape index (κ1) is 17.8. The summed E-state index contributed by atoms with van der Waals surface area (Å²) < 4.78 is 5.58. The van der Waals surface area contributed by atoms with Crippen LogP contribution >= 0.6 is 0 Å². The van der Waals surface area contributed by atoms with E-state index >= 15 is 0 Å². The number of carbonyl (C=O) groups excluding carboxylic acids is 1. The maximum absolute atomic E-state index is 12.2. The summed E-state index contributed by atoms with van der Waals surface area (Å²) in [5.41, 5.74) is 1.55. The average Bonchev–Trinajstić information content (AvgIpc) is 2.87. The summed E-state index contributed by atoms with van der Waals surface area (Å²) in [6.07, 6.45) is 3.06. The lowest BCUT2D eigenvalue weighted by molar-refractivity contribution is 0.0657. The molecule has 0 heterocycles. The number of rotatable bonds is 6. The lowest BCUT2D eigenvalue weighted by atomic mass is 9.86. The first-order valence-corrected chi connectivity index (χ1v) is 8.32. The third-order valence-electron chi connectivity index (χ3n) is 4.52. The van der Waals surface area contributed by atoms with Gasteiger partial charge in [-0.2, -0.15) is 0 Å². The number of nitrogens with one attached hydrogen (secondary N) is 2. The second-order valence-electron chi connectivity index (χ2n) is 6.92. The number of urea groups is 1.